The lowest BCUT2D eigenvalue weighted by atomic mass is 9.71. The van der Waals surface area contributed by atoms with Crippen LogP contribution in [0.3, 0.4) is 0 Å². The van der Waals surface area contributed by atoms with Crippen molar-refractivity contribution in [1.82, 2.24) is 0 Å². The molecule has 12 rings (SSSR count). The van der Waals surface area contributed by atoms with Gasteiger partial charge in [-0.25, -0.2) is 0 Å². The highest BCUT2D eigenvalue weighted by Crippen LogP contribution is 2.66. The summed E-state index contributed by atoms with van der Waals surface area (Å²) < 4.78 is 0. The van der Waals surface area contributed by atoms with Crippen LogP contribution in [-0.4, -0.2) is 0 Å². The van der Waals surface area contributed by atoms with Gasteiger partial charge in [-0.3, -0.25) is 0 Å². The fraction of sp³-hybridized carbons (Fsp3) is 0.633. The summed E-state index contributed by atoms with van der Waals surface area (Å²) in [6.07, 6.45) is 24.2. The van der Waals surface area contributed by atoms with Crippen LogP contribution in [0.1, 0.15) is 137 Å². The normalized spacial score (nSPS) is 45.6. The average molecular weight is 681 g/mol. The third-order valence-corrected chi connectivity index (χ3v) is 20.7. The Morgan fingerprint density at radius 3 is 1.22 bits per heavy atom. The predicted octanol–water partition coefficient (Wildman–Crippen LogP) is 13.2. The molecule has 0 radical (unpaired) electrons. The summed E-state index contributed by atoms with van der Waals surface area (Å²) in [6.45, 7) is 0. The van der Waals surface area contributed by atoms with Gasteiger partial charge in [0.05, 0.1) is 0 Å². The minimum Gasteiger partial charge on any atom is -0.173 e. The topological polar surface area (TPSA) is 0 Å². The molecule has 262 valence electrons. The molecule has 0 heterocycles. The van der Waals surface area contributed by atoms with E-state index in [2.05, 4.69) is 72.8 Å². The van der Waals surface area contributed by atoms with Gasteiger partial charge in [0.1, 0.15) is 0 Å². The maximum atomic E-state index is 2.60. The van der Waals surface area contributed by atoms with Crippen molar-refractivity contribution < 1.29 is 0 Å². The Hall–Kier alpha value is -1.99. The Labute approximate surface area is 305 Å². The van der Waals surface area contributed by atoms with Crippen LogP contribution in [-0.2, 0) is 0 Å². The second-order valence-corrected chi connectivity index (χ2v) is 22.0. The Kier molecular flexibility index (Phi) is 7.16. The van der Waals surface area contributed by atoms with Crippen molar-refractivity contribution in [2.45, 2.75) is 135 Å². The molecule has 9 aliphatic carbocycles. The zero-order chi connectivity index (χ0) is 32.5. The fourth-order valence-corrected chi connectivity index (χ4v) is 18.8. The molecule has 9 saturated carbocycles. The number of thiol groups is 1. The van der Waals surface area contributed by atoms with Gasteiger partial charge in [-0.1, -0.05) is 62.1 Å². The summed E-state index contributed by atoms with van der Waals surface area (Å²) >= 11 is 0. The lowest BCUT2D eigenvalue weighted by molar-refractivity contribution is 0.178. The average Bonchev–Trinajstić information content (AvgIpc) is 4.00. The monoisotopic (exact) mass is 680 g/mol. The Balaban J connectivity index is 0.852. The van der Waals surface area contributed by atoms with E-state index in [1.807, 2.05) is 0 Å². The highest BCUT2D eigenvalue weighted by atomic mass is 32.2. The molecule has 0 aliphatic heterocycles. The SMILES string of the molecule is c1cc([SH](c2ccc(C3C[C@@H]4CC3C3CCCC34)cc2)c2ccc(C3CC4CC5CCCC5[C@@H]3C4)cc2)ccc1C1CC2CC1C1CCCC21. The molecule has 0 saturated heterocycles. The largest absolute Gasteiger partial charge is 0.173 e. The maximum Gasteiger partial charge on any atom is -0.00450 e. The summed E-state index contributed by atoms with van der Waals surface area (Å²) in [4.78, 5) is 4.68. The molecule has 0 N–H and O–H groups in total. The van der Waals surface area contributed by atoms with Crippen LogP contribution >= 0.6 is 10.9 Å². The molecule has 0 amide bonds. The quantitative estimate of drug-likeness (QED) is 0.246. The van der Waals surface area contributed by atoms with Crippen molar-refractivity contribution in [3.05, 3.63) is 89.5 Å². The summed E-state index contributed by atoms with van der Waals surface area (Å²) in [5.74, 6) is 14.8. The predicted molar refractivity (Wildman–Crippen MR) is 207 cm³/mol. The van der Waals surface area contributed by atoms with Crippen molar-refractivity contribution >= 4 is 10.9 Å². The smallest absolute Gasteiger partial charge is 0.00450 e. The number of hydrogen-bond acceptors (Lipinski definition) is 0. The summed E-state index contributed by atoms with van der Waals surface area (Å²) in [5.41, 5.74) is 4.98. The first-order valence-electron chi connectivity index (χ1n) is 21.8. The van der Waals surface area contributed by atoms with Gasteiger partial charge in [-0.05, 0) is 234 Å². The molecule has 0 spiro atoms. The van der Waals surface area contributed by atoms with E-state index in [4.69, 9.17) is 0 Å². The van der Waals surface area contributed by atoms with E-state index in [0.29, 0.717) is 0 Å². The van der Waals surface area contributed by atoms with Crippen molar-refractivity contribution in [3.63, 3.8) is 0 Å². The minimum absolute atomic E-state index is 0.570. The van der Waals surface area contributed by atoms with Crippen molar-refractivity contribution in [2.24, 2.45) is 71.0 Å². The van der Waals surface area contributed by atoms with Gasteiger partial charge < -0.3 is 0 Å². The number of benzene rings is 3. The summed E-state index contributed by atoms with van der Waals surface area (Å²) in [5, 5.41) is 0. The van der Waals surface area contributed by atoms with Crippen LogP contribution in [0, 0.1) is 71.0 Å². The second-order valence-electron chi connectivity index (χ2n) is 19.8. The number of hydrogen-bond donors (Lipinski definition) is 1. The van der Waals surface area contributed by atoms with Crippen LogP contribution in [0.25, 0.3) is 0 Å². The molecule has 3 aromatic carbocycles. The number of rotatable bonds is 6. The molecule has 6 bridgehead atoms. The molecule has 1 heteroatoms. The van der Waals surface area contributed by atoms with Gasteiger partial charge in [0.2, 0.25) is 0 Å². The molecular weight excluding hydrogens is 621 g/mol. The Morgan fingerprint density at radius 1 is 0.320 bits per heavy atom. The van der Waals surface area contributed by atoms with Crippen LogP contribution in [0.2, 0.25) is 0 Å². The third kappa shape index (κ3) is 4.62. The van der Waals surface area contributed by atoms with E-state index in [1.165, 1.54) is 96.3 Å². The minimum atomic E-state index is -0.570. The summed E-state index contributed by atoms with van der Waals surface area (Å²) in [7, 11) is -0.570. The van der Waals surface area contributed by atoms with Gasteiger partial charge in [-0.2, -0.15) is 10.9 Å². The molecule has 0 aromatic heterocycles. The van der Waals surface area contributed by atoms with Gasteiger partial charge >= 0.3 is 0 Å². The van der Waals surface area contributed by atoms with Crippen molar-refractivity contribution in [1.29, 1.82) is 0 Å². The van der Waals surface area contributed by atoms with Gasteiger partial charge in [-0.15, -0.1) is 0 Å². The first-order chi connectivity index (χ1) is 24.7. The third-order valence-electron chi connectivity index (χ3n) is 18.2. The zero-order valence-corrected chi connectivity index (χ0v) is 31.2. The zero-order valence-electron chi connectivity index (χ0n) is 30.3. The second kappa shape index (κ2) is 11.8. The van der Waals surface area contributed by atoms with Gasteiger partial charge in [0, 0.05) is 0 Å². The Bertz CT molecular complexity index is 1630. The van der Waals surface area contributed by atoms with Gasteiger partial charge in [0.25, 0.3) is 0 Å². The number of fused-ring (bicyclic) bond motifs is 14. The first-order valence-corrected chi connectivity index (χ1v) is 23.2. The van der Waals surface area contributed by atoms with Crippen molar-refractivity contribution in [2.75, 3.05) is 0 Å². The summed E-state index contributed by atoms with van der Waals surface area (Å²) in [6, 6.07) is 31.1. The lowest BCUT2D eigenvalue weighted by Crippen LogP contribution is -2.25. The molecule has 16 atom stereocenters. The molecule has 3 aromatic rings. The molecular formula is C49H60S. The maximum absolute atomic E-state index is 2.60. The van der Waals surface area contributed by atoms with Crippen LogP contribution in [0.5, 0.6) is 0 Å². The van der Waals surface area contributed by atoms with E-state index in [9.17, 15) is 0 Å². The van der Waals surface area contributed by atoms with E-state index in [1.54, 1.807) is 37.8 Å². The van der Waals surface area contributed by atoms with E-state index >= 15 is 0 Å². The molecule has 9 fully saturated rings. The lowest BCUT2D eigenvalue weighted by Gasteiger charge is -2.34. The standard InChI is InChI=1S/C49H60S/c1-4-33-22-29-23-44(47(24-29)39(33)5-1)30-10-16-36(17-11-30)50(37-18-12-31(13-19-37)45-25-34-27-48(45)42-8-2-6-40(34)42)38-20-14-32(15-21-38)46-26-35-28-49(46)43-9-3-7-41(35)43/h10-21,29,33-35,39-50H,1-9,22-28H2/t29?,33?,34-,35?,39?,40?,41?,42?,43?,44?,45?,46?,47+,48?,49?/m1/s1. The van der Waals surface area contributed by atoms with Gasteiger partial charge in [0.15, 0.2) is 0 Å². The molecule has 9 aliphatic rings. The van der Waals surface area contributed by atoms with Crippen LogP contribution in [0.4, 0.5) is 0 Å². The Morgan fingerprint density at radius 2 is 0.720 bits per heavy atom. The van der Waals surface area contributed by atoms with E-state index in [-0.39, 0.29) is 0 Å². The molecule has 50 heavy (non-hydrogen) atoms. The first kappa shape index (κ1) is 30.5. The van der Waals surface area contributed by atoms with Crippen molar-refractivity contribution in [3.8, 4) is 0 Å². The molecule has 14 unspecified atom stereocenters. The van der Waals surface area contributed by atoms with Crippen LogP contribution in [0.15, 0.2) is 87.5 Å². The van der Waals surface area contributed by atoms with E-state index in [0.717, 1.165) is 88.8 Å². The van der Waals surface area contributed by atoms with Crippen LogP contribution < -0.4 is 0 Å². The fourth-order valence-electron chi connectivity index (χ4n) is 16.5. The highest BCUT2D eigenvalue weighted by molar-refractivity contribution is 8.17. The molecule has 0 nitrogen and oxygen atoms in total. The highest BCUT2D eigenvalue weighted by Gasteiger charge is 2.55. The van der Waals surface area contributed by atoms with E-state index < -0.39 is 10.9 Å².